The molecule has 2 aromatic carbocycles. The van der Waals surface area contributed by atoms with Crippen molar-refractivity contribution in [1.82, 2.24) is 19.7 Å². The van der Waals surface area contributed by atoms with Gasteiger partial charge in [0.2, 0.25) is 11.7 Å². The van der Waals surface area contributed by atoms with Crippen molar-refractivity contribution in [2.45, 2.75) is 10.9 Å². The number of halogens is 1. The van der Waals surface area contributed by atoms with Crippen molar-refractivity contribution in [3.05, 3.63) is 76.0 Å². The molecule has 0 unspecified atom stereocenters. The smallest absolute Gasteiger partial charge is 0.276 e. The monoisotopic (exact) mass is 496 g/mol. The van der Waals surface area contributed by atoms with Gasteiger partial charge < -0.3 is 14.0 Å². The van der Waals surface area contributed by atoms with Crippen molar-refractivity contribution in [2.24, 2.45) is 0 Å². The number of rotatable bonds is 7. The minimum absolute atomic E-state index is 0.219. The van der Waals surface area contributed by atoms with Crippen LogP contribution in [0.1, 0.15) is 5.89 Å². The second-order valence-electron chi connectivity index (χ2n) is 7.05. The van der Waals surface area contributed by atoms with Gasteiger partial charge in [-0.05, 0) is 47.8 Å². The normalized spacial score (nSPS) is 11.1. The molecular weight excluding hydrogens is 479 g/mol. The number of benzene rings is 2. The minimum atomic E-state index is -0.385. The average Bonchev–Trinajstić information content (AvgIpc) is 3.53. The second-order valence-corrected chi connectivity index (χ2v) is 8.91. The Morgan fingerprint density at radius 1 is 1.06 bits per heavy atom. The van der Waals surface area contributed by atoms with Gasteiger partial charge in [0.25, 0.3) is 5.56 Å². The molecule has 0 saturated heterocycles. The summed E-state index contributed by atoms with van der Waals surface area (Å²) in [6.45, 7) is 0. The lowest BCUT2D eigenvalue weighted by molar-refractivity contribution is 0.390. The van der Waals surface area contributed by atoms with Gasteiger partial charge in [-0.15, -0.1) is 11.3 Å². The van der Waals surface area contributed by atoms with Crippen LogP contribution in [0.4, 0.5) is 4.39 Å². The summed E-state index contributed by atoms with van der Waals surface area (Å²) in [4.78, 5) is 22.3. The first-order valence-corrected chi connectivity index (χ1v) is 11.9. The fraction of sp³-hybridized carbons (Fsp3) is 0.130. The van der Waals surface area contributed by atoms with Crippen LogP contribution >= 0.6 is 23.1 Å². The van der Waals surface area contributed by atoms with Crippen molar-refractivity contribution < 1.29 is 18.4 Å². The molecule has 0 amide bonds. The Morgan fingerprint density at radius 3 is 2.50 bits per heavy atom. The first-order chi connectivity index (χ1) is 16.6. The fourth-order valence-corrected chi connectivity index (χ4v) is 4.91. The van der Waals surface area contributed by atoms with Gasteiger partial charge in [0.1, 0.15) is 22.0 Å². The number of methoxy groups -OCH3 is 2. The molecule has 0 saturated carbocycles. The van der Waals surface area contributed by atoms with Crippen LogP contribution in [0.2, 0.25) is 0 Å². The van der Waals surface area contributed by atoms with Gasteiger partial charge in [-0.25, -0.2) is 9.37 Å². The topological polar surface area (TPSA) is 92.3 Å². The number of hydrogen-bond acceptors (Lipinski definition) is 9. The van der Waals surface area contributed by atoms with Gasteiger partial charge in [0.05, 0.1) is 31.2 Å². The number of hydrogen-bond donors (Lipinski definition) is 0. The lowest BCUT2D eigenvalue weighted by Gasteiger charge is -2.11. The molecule has 0 aliphatic heterocycles. The van der Waals surface area contributed by atoms with E-state index in [9.17, 15) is 9.18 Å². The van der Waals surface area contributed by atoms with Crippen molar-refractivity contribution in [3.8, 4) is 28.6 Å². The number of fused-ring (bicyclic) bond motifs is 1. The van der Waals surface area contributed by atoms with Gasteiger partial charge >= 0.3 is 0 Å². The molecule has 11 heteroatoms. The lowest BCUT2D eigenvalue weighted by atomic mass is 10.2. The third-order valence-electron chi connectivity index (χ3n) is 4.94. The summed E-state index contributed by atoms with van der Waals surface area (Å²) in [6, 6.07) is 12.8. The van der Waals surface area contributed by atoms with E-state index >= 15 is 0 Å². The summed E-state index contributed by atoms with van der Waals surface area (Å²) >= 11 is 2.59. The summed E-state index contributed by atoms with van der Waals surface area (Å²) in [5, 5.41) is 6.31. The van der Waals surface area contributed by atoms with Crippen LogP contribution in [-0.2, 0) is 5.75 Å². The maximum atomic E-state index is 13.5. The molecule has 3 aromatic heterocycles. The van der Waals surface area contributed by atoms with Gasteiger partial charge in [0.15, 0.2) is 5.16 Å². The molecule has 0 N–H and O–H groups in total. The molecule has 172 valence electrons. The van der Waals surface area contributed by atoms with E-state index in [1.807, 2.05) is 5.38 Å². The number of nitrogens with zero attached hydrogens (tertiary/aromatic N) is 4. The molecule has 0 aliphatic carbocycles. The zero-order chi connectivity index (χ0) is 23.7. The molecule has 0 bridgehead atoms. The Hall–Kier alpha value is -3.70. The maximum absolute atomic E-state index is 13.5. The first kappa shape index (κ1) is 22.1. The van der Waals surface area contributed by atoms with Crippen molar-refractivity contribution >= 4 is 33.3 Å². The third-order valence-corrected chi connectivity index (χ3v) is 6.75. The quantitative estimate of drug-likeness (QED) is 0.231. The highest BCUT2D eigenvalue weighted by molar-refractivity contribution is 7.98. The number of aromatic nitrogens is 4. The Morgan fingerprint density at radius 2 is 1.79 bits per heavy atom. The predicted octanol–water partition coefficient (Wildman–Crippen LogP) is 4.95. The molecule has 3 heterocycles. The van der Waals surface area contributed by atoms with Gasteiger partial charge in [-0.2, -0.15) is 4.98 Å². The maximum Gasteiger partial charge on any atom is 0.276 e. The summed E-state index contributed by atoms with van der Waals surface area (Å²) in [5.74, 6) is 1.83. The molecule has 0 atom stereocenters. The van der Waals surface area contributed by atoms with Crippen molar-refractivity contribution in [1.29, 1.82) is 0 Å². The van der Waals surface area contributed by atoms with Crippen molar-refractivity contribution in [2.75, 3.05) is 14.2 Å². The van der Waals surface area contributed by atoms with Crippen LogP contribution in [0.5, 0.6) is 11.5 Å². The minimum Gasteiger partial charge on any atom is -0.497 e. The highest BCUT2D eigenvalue weighted by atomic mass is 32.2. The van der Waals surface area contributed by atoms with E-state index in [1.165, 1.54) is 39.8 Å². The largest absolute Gasteiger partial charge is 0.497 e. The molecule has 5 rings (SSSR count). The molecule has 5 aromatic rings. The van der Waals surface area contributed by atoms with E-state index in [0.717, 1.165) is 0 Å². The zero-order valence-electron chi connectivity index (χ0n) is 18.0. The average molecular weight is 497 g/mol. The Balaban J connectivity index is 1.46. The lowest BCUT2D eigenvalue weighted by Crippen LogP contribution is -2.20. The SMILES string of the molecule is COc1cc(OC)cc(-c2noc(CSc3nc4ccsc4c(=O)n3-c3ccc(F)cc3)n2)c1. The number of thiophene rings is 1. The molecular formula is C23H17FN4O4S2. The van der Waals surface area contributed by atoms with E-state index < -0.39 is 0 Å². The highest BCUT2D eigenvalue weighted by Gasteiger charge is 2.17. The molecule has 34 heavy (non-hydrogen) atoms. The zero-order valence-corrected chi connectivity index (χ0v) is 19.7. The molecule has 0 spiro atoms. The Labute approximate surface area is 201 Å². The predicted molar refractivity (Wildman–Crippen MR) is 128 cm³/mol. The Bertz CT molecular complexity index is 1510. The number of ether oxygens (including phenoxy) is 2. The number of thioether (sulfide) groups is 1. The van der Waals surface area contributed by atoms with Gasteiger partial charge in [-0.3, -0.25) is 9.36 Å². The molecule has 0 aliphatic rings. The standard InChI is InChI=1S/C23H17FN4O4S2/c1-30-16-9-13(10-17(11-16)31-2)21-26-19(32-27-21)12-34-23-25-18-7-8-33-20(18)22(29)28(23)15-5-3-14(24)4-6-15/h3-11H,12H2,1-2H3. The molecule has 0 radical (unpaired) electrons. The van der Waals surface area contributed by atoms with Crippen molar-refractivity contribution in [3.63, 3.8) is 0 Å². The Kier molecular flexibility index (Phi) is 6.03. The van der Waals surface area contributed by atoms with E-state index in [1.54, 1.807) is 50.6 Å². The summed E-state index contributed by atoms with van der Waals surface area (Å²) < 4.78 is 31.5. The summed E-state index contributed by atoms with van der Waals surface area (Å²) in [6.07, 6.45) is 0. The first-order valence-electron chi connectivity index (χ1n) is 10.0. The second kappa shape index (κ2) is 9.27. The van der Waals surface area contributed by atoms with Gasteiger partial charge in [-0.1, -0.05) is 16.9 Å². The van der Waals surface area contributed by atoms with Crippen LogP contribution in [0.15, 0.2) is 68.4 Å². The van der Waals surface area contributed by atoms with Crippen LogP contribution in [0.25, 0.3) is 27.3 Å². The van der Waals surface area contributed by atoms with E-state index in [-0.39, 0.29) is 17.1 Å². The third kappa shape index (κ3) is 4.27. The van der Waals surface area contributed by atoms with Crippen LogP contribution in [-0.4, -0.2) is 33.9 Å². The molecule has 0 fully saturated rings. The van der Waals surface area contributed by atoms with Crippen LogP contribution in [0, 0.1) is 5.82 Å². The molecule has 8 nitrogen and oxygen atoms in total. The van der Waals surface area contributed by atoms with E-state index in [2.05, 4.69) is 15.1 Å². The van der Waals surface area contributed by atoms with Crippen LogP contribution in [0.3, 0.4) is 0 Å². The summed E-state index contributed by atoms with van der Waals surface area (Å²) in [5.41, 5.74) is 1.58. The highest BCUT2D eigenvalue weighted by Crippen LogP contribution is 2.30. The summed E-state index contributed by atoms with van der Waals surface area (Å²) in [7, 11) is 3.13. The van der Waals surface area contributed by atoms with Crippen LogP contribution < -0.4 is 15.0 Å². The fourth-order valence-electron chi connectivity index (χ4n) is 3.30. The van der Waals surface area contributed by atoms with E-state index in [4.69, 9.17) is 14.0 Å². The van der Waals surface area contributed by atoms with E-state index in [0.29, 0.717) is 49.8 Å². The van der Waals surface area contributed by atoms with Gasteiger partial charge in [0, 0.05) is 11.6 Å².